The molecular weight excluding hydrogens is 647 g/mol. The number of ether oxygens (including phenoxy) is 2. The van der Waals surface area contributed by atoms with Gasteiger partial charge in [-0.1, -0.05) is 59.6 Å². The summed E-state index contributed by atoms with van der Waals surface area (Å²) >= 11 is 14.2. The zero-order valence-corrected chi connectivity index (χ0v) is 29.7. The number of halogens is 2. The zero-order chi connectivity index (χ0) is 34.4. The van der Waals surface area contributed by atoms with Crippen LogP contribution in [0, 0.1) is 0 Å². The van der Waals surface area contributed by atoms with Crippen molar-refractivity contribution in [2.45, 2.75) is 78.7 Å². The maximum absolute atomic E-state index is 12.6. The fourth-order valence-corrected chi connectivity index (χ4v) is 6.67. The van der Waals surface area contributed by atoms with Crippen LogP contribution in [0.4, 0.5) is 9.59 Å². The Hall–Kier alpha value is -4.14. The topological polar surface area (TPSA) is 84.9 Å². The fraction of sp³-hybridized carbons (Fsp3) is 0.368. The minimum atomic E-state index is -0.548. The van der Waals surface area contributed by atoms with Crippen molar-refractivity contribution in [3.63, 3.8) is 0 Å². The normalized spacial score (nSPS) is 14.7. The SMILES string of the molecule is CC(C)(C)OC(=O)N1CCc2cc(-c3cccc(-c4cccc(-c5cc6c(cn5)CN(C(=O)OC(C)(C)C)CC6)c4Cl)c3Cl)ncc2C1. The third-order valence-corrected chi connectivity index (χ3v) is 9.15. The highest BCUT2D eigenvalue weighted by molar-refractivity contribution is 6.39. The molecule has 6 rings (SSSR count). The van der Waals surface area contributed by atoms with E-state index in [1.54, 1.807) is 9.80 Å². The number of pyridine rings is 2. The first-order valence-electron chi connectivity index (χ1n) is 16.2. The molecule has 2 aliphatic rings. The molecule has 10 heteroatoms. The van der Waals surface area contributed by atoms with Crippen molar-refractivity contribution in [1.29, 1.82) is 0 Å². The first kappa shape index (κ1) is 33.7. The summed E-state index contributed by atoms with van der Waals surface area (Å²) in [7, 11) is 0. The third-order valence-electron chi connectivity index (χ3n) is 8.33. The lowest BCUT2D eigenvalue weighted by Crippen LogP contribution is -2.39. The molecular formula is C38H40Cl2N4O4. The van der Waals surface area contributed by atoms with Crippen molar-refractivity contribution in [2.75, 3.05) is 13.1 Å². The first-order chi connectivity index (χ1) is 22.7. The molecule has 48 heavy (non-hydrogen) atoms. The predicted molar refractivity (Wildman–Crippen MR) is 189 cm³/mol. The van der Waals surface area contributed by atoms with Crippen LogP contribution in [0.1, 0.15) is 63.8 Å². The molecule has 0 bridgehead atoms. The monoisotopic (exact) mass is 686 g/mol. The number of hydrogen-bond acceptors (Lipinski definition) is 6. The minimum Gasteiger partial charge on any atom is -0.444 e. The second kappa shape index (κ2) is 13.1. The van der Waals surface area contributed by atoms with E-state index in [-0.39, 0.29) is 12.2 Å². The molecule has 4 aromatic rings. The number of amides is 2. The van der Waals surface area contributed by atoms with Gasteiger partial charge in [-0.25, -0.2) is 9.59 Å². The van der Waals surface area contributed by atoms with E-state index >= 15 is 0 Å². The van der Waals surface area contributed by atoms with Gasteiger partial charge >= 0.3 is 12.2 Å². The number of aromatic nitrogens is 2. The van der Waals surface area contributed by atoms with Crippen LogP contribution in [0.5, 0.6) is 0 Å². The summed E-state index contributed by atoms with van der Waals surface area (Å²) in [5.41, 5.74) is 7.87. The number of fused-ring (bicyclic) bond motifs is 2. The molecule has 0 aliphatic carbocycles. The molecule has 8 nitrogen and oxygen atoms in total. The Morgan fingerprint density at radius 3 is 1.38 bits per heavy atom. The second-order valence-electron chi connectivity index (χ2n) is 14.3. The minimum absolute atomic E-state index is 0.317. The molecule has 0 atom stereocenters. The summed E-state index contributed by atoms with van der Waals surface area (Å²) in [5.74, 6) is 0. The van der Waals surface area contributed by atoms with E-state index in [0.29, 0.717) is 49.1 Å². The quantitative estimate of drug-likeness (QED) is 0.213. The summed E-state index contributed by atoms with van der Waals surface area (Å²) < 4.78 is 11.1. The molecule has 0 saturated heterocycles. The van der Waals surface area contributed by atoms with Gasteiger partial charge in [0.25, 0.3) is 0 Å². The standard InChI is InChI=1S/C38H40Cl2N4O4/c1-37(2,3)47-35(45)43-15-13-23-17-31(41-19-25(23)21-43)29-11-7-9-27(33(29)39)28-10-8-12-30(34(28)40)32-18-24-14-16-44(22-26(24)20-42-32)36(46)48-38(4,5)6/h7-12,17-20H,13-16,21-22H2,1-6H3. The lowest BCUT2D eigenvalue weighted by atomic mass is 9.95. The fourth-order valence-electron chi connectivity index (χ4n) is 6.02. The summed E-state index contributed by atoms with van der Waals surface area (Å²) in [6.07, 6.45) is 4.41. The lowest BCUT2D eigenvalue weighted by molar-refractivity contribution is 0.0213. The van der Waals surface area contributed by atoms with Crippen molar-refractivity contribution in [1.82, 2.24) is 19.8 Å². The van der Waals surface area contributed by atoms with E-state index in [1.807, 2.05) is 90.3 Å². The Bertz CT molecular complexity index is 1760. The van der Waals surface area contributed by atoms with Gasteiger partial charge in [-0.3, -0.25) is 9.97 Å². The number of rotatable bonds is 3. The second-order valence-corrected chi connectivity index (χ2v) is 15.1. The van der Waals surface area contributed by atoms with Crippen LogP contribution in [-0.4, -0.2) is 56.2 Å². The van der Waals surface area contributed by atoms with Crippen LogP contribution in [0.3, 0.4) is 0 Å². The largest absolute Gasteiger partial charge is 0.444 e. The van der Waals surface area contributed by atoms with E-state index in [1.165, 1.54) is 0 Å². The summed E-state index contributed by atoms with van der Waals surface area (Å²) in [6, 6.07) is 15.9. The van der Waals surface area contributed by atoms with Crippen LogP contribution in [0.2, 0.25) is 10.0 Å². The summed E-state index contributed by atoms with van der Waals surface area (Å²) in [5, 5.41) is 1.10. The molecule has 0 N–H and O–H groups in total. The Labute approximate surface area is 292 Å². The van der Waals surface area contributed by atoms with E-state index in [2.05, 4.69) is 12.1 Å². The zero-order valence-electron chi connectivity index (χ0n) is 28.2. The van der Waals surface area contributed by atoms with E-state index < -0.39 is 11.2 Å². The van der Waals surface area contributed by atoms with Crippen LogP contribution in [0.25, 0.3) is 33.6 Å². The maximum Gasteiger partial charge on any atom is 0.410 e. The molecule has 0 spiro atoms. The van der Waals surface area contributed by atoms with Crippen molar-refractivity contribution in [3.05, 3.63) is 93.2 Å². The van der Waals surface area contributed by atoms with Crippen molar-refractivity contribution < 1.29 is 19.1 Å². The van der Waals surface area contributed by atoms with Crippen molar-refractivity contribution >= 4 is 35.4 Å². The van der Waals surface area contributed by atoms with Gasteiger partial charge in [0.15, 0.2) is 0 Å². The molecule has 0 fully saturated rings. The average molecular weight is 688 g/mol. The van der Waals surface area contributed by atoms with Gasteiger partial charge < -0.3 is 19.3 Å². The molecule has 0 saturated carbocycles. The number of carbonyl (C=O) groups is 2. The first-order valence-corrected chi connectivity index (χ1v) is 16.9. The van der Waals surface area contributed by atoms with Gasteiger partial charge in [0.1, 0.15) is 11.2 Å². The molecule has 4 heterocycles. The van der Waals surface area contributed by atoms with Crippen molar-refractivity contribution in [2.24, 2.45) is 0 Å². The highest BCUT2D eigenvalue weighted by Gasteiger charge is 2.28. The number of nitrogens with zero attached hydrogens (tertiary/aromatic N) is 4. The molecule has 2 aromatic heterocycles. The highest BCUT2D eigenvalue weighted by Crippen LogP contribution is 2.42. The number of carbonyl (C=O) groups excluding carboxylic acids is 2. The Kier molecular flexibility index (Phi) is 9.18. The van der Waals surface area contributed by atoms with Crippen LogP contribution in [0.15, 0.2) is 60.9 Å². The lowest BCUT2D eigenvalue weighted by Gasteiger charge is -2.31. The summed E-state index contributed by atoms with van der Waals surface area (Å²) in [6.45, 7) is 13.2. The van der Waals surface area contributed by atoms with Gasteiger partial charge in [-0.05, 0) is 88.8 Å². The van der Waals surface area contributed by atoms with Gasteiger partial charge in [0.05, 0.1) is 34.5 Å². The smallest absolute Gasteiger partial charge is 0.410 e. The number of benzene rings is 2. The Morgan fingerprint density at radius 1 is 0.625 bits per heavy atom. The molecule has 2 amide bonds. The van der Waals surface area contributed by atoms with Crippen LogP contribution < -0.4 is 0 Å². The van der Waals surface area contributed by atoms with Crippen LogP contribution >= 0.6 is 23.2 Å². The maximum atomic E-state index is 12.6. The van der Waals surface area contributed by atoms with Crippen LogP contribution in [-0.2, 0) is 35.4 Å². The molecule has 250 valence electrons. The molecule has 2 aromatic carbocycles. The Morgan fingerprint density at radius 2 is 1.00 bits per heavy atom. The molecule has 0 radical (unpaired) electrons. The highest BCUT2D eigenvalue weighted by atomic mass is 35.5. The Balaban J connectivity index is 1.24. The third kappa shape index (κ3) is 7.30. The molecule has 0 unspecified atom stereocenters. The average Bonchev–Trinajstić information content (AvgIpc) is 3.02. The van der Waals surface area contributed by atoms with Gasteiger partial charge in [-0.2, -0.15) is 0 Å². The molecule has 2 aliphatic heterocycles. The van der Waals surface area contributed by atoms with Gasteiger partial charge in [0.2, 0.25) is 0 Å². The summed E-state index contributed by atoms with van der Waals surface area (Å²) in [4.78, 5) is 38.2. The van der Waals surface area contributed by atoms with Gasteiger partial charge in [0, 0.05) is 47.7 Å². The van der Waals surface area contributed by atoms with E-state index in [9.17, 15) is 9.59 Å². The van der Waals surface area contributed by atoms with Gasteiger partial charge in [-0.15, -0.1) is 0 Å². The van der Waals surface area contributed by atoms with E-state index in [0.717, 1.165) is 55.9 Å². The predicted octanol–water partition coefficient (Wildman–Crippen LogP) is 9.37. The van der Waals surface area contributed by atoms with E-state index in [4.69, 9.17) is 42.6 Å². The number of hydrogen-bond donors (Lipinski definition) is 0. The van der Waals surface area contributed by atoms with Crippen molar-refractivity contribution in [3.8, 4) is 33.6 Å².